The van der Waals surface area contributed by atoms with Gasteiger partial charge in [0, 0.05) is 44.1 Å². The lowest BCUT2D eigenvalue weighted by Gasteiger charge is -2.34. The Bertz CT molecular complexity index is 1380. The van der Waals surface area contributed by atoms with Crippen LogP contribution >= 0.6 is 0 Å². The number of likely N-dealkylation sites (N-methyl/N-ethyl adjacent to an activating group) is 1. The van der Waals surface area contributed by atoms with Gasteiger partial charge >= 0.3 is 6.17 Å². The predicted molar refractivity (Wildman–Crippen MR) is 153 cm³/mol. The number of amides is 3. The highest BCUT2D eigenvalue weighted by Crippen LogP contribution is 2.47. The summed E-state index contributed by atoms with van der Waals surface area (Å²) >= 11 is 0. The summed E-state index contributed by atoms with van der Waals surface area (Å²) in [5.41, 5.74) is 3.02. The largest absolute Gasteiger partial charge is 0.353 e. The Kier molecular flexibility index (Phi) is 7.03. The van der Waals surface area contributed by atoms with Crippen LogP contribution in [-0.2, 0) is 28.0 Å². The number of hydrogen-bond donors (Lipinski definition) is 2. The lowest BCUT2D eigenvalue weighted by Crippen LogP contribution is -2.52. The van der Waals surface area contributed by atoms with Crippen molar-refractivity contribution in [3.8, 4) is 0 Å². The summed E-state index contributed by atoms with van der Waals surface area (Å²) in [5, 5.41) is 2.95. The van der Waals surface area contributed by atoms with E-state index in [1.807, 2.05) is 51.1 Å². The topological polar surface area (TPSA) is 93.1 Å². The van der Waals surface area contributed by atoms with Gasteiger partial charge < -0.3 is 15.2 Å². The van der Waals surface area contributed by atoms with E-state index in [4.69, 9.17) is 6.57 Å². The second-order valence-corrected chi connectivity index (χ2v) is 13.1. The van der Waals surface area contributed by atoms with Crippen LogP contribution in [0.4, 0.5) is 5.69 Å². The average molecular weight is 545 g/mol. The van der Waals surface area contributed by atoms with Gasteiger partial charge in [-0.3, -0.25) is 29.0 Å². The monoisotopic (exact) mass is 544 g/mol. The number of H-pyrrole nitrogens is 1. The van der Waals surface area contributed by atoms with Crippen LogP contribution < -0.4 is 5.32 Å². The first kappa shape index (κ1) is 27.9. The fourth-order valence-electron chi connectivity index (χ4n) is 6.46. The summed E-state index contributed by atoms with van der Waals surface area (Å²) in [4.78, 5) is 53.9. The third kappa shape index (κ3) is 4.79. The van der Waals surface area contributed by atoms with Gasteiger partial charge in [-0.2, -0.15) is 0 Å². The summed E-state index contributed by atoms with van der Waals surface area (Å²) in [6.45, 7) is 20.2. The van der Waals surface area contributed by atoms with Crippen molar-refractivity contribution in [3.05, 3.63) is 64.3 Å². The molecular weight excluding hydrogens is 504 g/mol. The van der Waals surface area contributed by atoms with Gasteiger partial charge in [0.15, 0.2) is 0 Å². The van der Waals surface area contributed by atoms with E-state index in [1.54, 1.807) is 7.05 Å². The number of aromatic amines is 1. The molecule has 3 aliphatic rings. The first-order valence-electron chi connectivity index (χ1n) is 14.1. The van der Waals surface area contributed by atoms with Gasteiger partial charge in [-0.05, 0) is 55.4 Å². The smallest absolute Gasteiger partial charge is 0.302 e. The van der Waals surface area contributed by atoms with Crippen molar-refractivity contribution in [2.75, 3.05) is 25.5 Å². The van der Waals surface area contributed by atoms with Gasteiger partial charge in [0.25, 0.3) is 11.8 Å². The van der Waals surface area contributed by atoms with E-state index in [-0.39, 0.29) is 36.1 Å². The van der Waals surface area contributed by atoms with Crippen LogP contribution in [0.15, 0.2) is 30.3 Å². The van der Waals surface area contributed by atoms with Crippen molar-refractivity contribution in [1.82, 2.24) is 19.7 Å². The van der Waals surface area contributed by atoms with Crippen LogP contribution in [0.5, 0.6) is 0 Å². The molecule has 40 heavy (non-hydrogen) atoms. The quantitative estimate of drug-likeness (QED) is 0.556. The first-order valence-corrected chi connectivity index (χ1v) is 14.1. The molecule has 4 heterocycles. The summed E-state index contributed by atoms with van der Waals surface area (Å²) in [5.74, 6) is -0.713. The zero-order valence-corrected chi connectivity index (χ0v) is 24.4. The minimum Gasteiger partial charge on any atom is -0.353 e. The molecule has 1 aromatic carbocycles. The van der Waals surface area contributed by atoms with E-state index in [2.05, 4.69) is 33.9 Å². The number of para-hydroxylation sites is 1. The van der Waals surface area contributed by atoms with E-state index in [9.17, 15) is 14.4 Å². The maximum Gasteiger partial charge on any atom is 0.302 e. The maximum absolute atomic E-state index is 14.3. The molecule has 1 fully saturated rings. The molecule has 5 rings (SSSR count). The first-order chi connectivity index (χ1) is 18.8. The molecule has 1 aromatic heterocycles. The van der Waals surface area contributed by atoms with Crippen molar-refractivity contribution < 1.29 is 14.4 Å². The molecular formula is C31H40N6O3. The molecule has 3 atom stereocenters. The van der Waals surface area contributed by atoms with Crippen LogP contribution in [0.2, 0.25) is 0 Å². The number of fused-ring (bicyclic) bond motifs is 3. The zero-order valence-electron chi connectivity index (χ0n) is 24.4. The minimum absolute atomic E-state index is 0.117. The van der Waals surface area contributed by atoms with Crippen molar-refractivity contribution in [1.29, 1.82) is 0 Å². The Hall–Kier alpha value is -3.64. The minimum atomic E-state index is -0.961. The van der Waals surface area contributed by atoms with E-state index in [1.165, 1.54) is 9.80 Å². The van der Waals surface area contributed by atoms with E-state index >= 15 is 0 Å². The molecule has 3 amide bonds. The van der Waals surface area contributed by atoms with Crippen molar-refractivity contribution in [2.45, 2.75) is 84.1 Å². The van der Waals surface area contributed by atoms with E-state index in [0.717, 1.165) is 42.0 Å². The lowest BCUT2D eigenvalue weighted by atomic mass is 9.80. The highest BCUT2D eigenvalue weighted by molar-refractivity contribution is 6.07. The third-order valence-corrected chi connectivity index (χ3v) is 8.75. The SMILES string of the molecule is [C-]#[N+][C@@H]1C[C@@]2(CN1C(=O)[C@H](CC(C)(C)C)N(C)C(=O)c1cc3c([nH]1)CN(C(C)C)CC3)C(=O)Nc1ccccc12. The molecule has 1 spiro atoms. The van der Waals surface area contributed by atoms with Gasteiger partial charge in [-0.1, -0.05) is 39.0 Å². The number of carbonyl (C=O) groups is 3. The Morgan fingerprint density at radius 1 is 1.25 bits per heavy atom. The summed E-state index contributed by atoms with van der Waals surface area (Å²) in [7, 11) is 1.67. The van der Waals surface area contributed by atoms with E-state index < -0.39 is 17.6 Å². The Morgan fingerprint density at radius 3 is 2.65 bits per heavy atom. The molecule has 0 aliphatic carbocycles. The second-order valence-electron chi connectivity index (χ2n) is 13.1. The maximum atomic E-state index is 14.3. The van der Waals surface area contributed by atoms with Gasteiger partial charge in [0.05, 0.1) is 6.42 Å². The number of aromatic nitrogens is 1. The number of benzene rings is 1. The number of rotatable bonds is 5. The summed E-state index contributed by atoms with van der Waals surface area (Å²) in [6, 6.07) is 9.06. The molecule has 9 heteroatoms. The number of anilines is 1. The highest BCUT2D eigenvalue weighted by atomic mass is 16.2. The van der Waals surface area contributed by atoms with Gasteiger partial charge in [0.2, 0.25) is 5.91 Å². The molecule has 1 saturated heterocycles. The van der Waals surface area contributed by atoms with Crippen molar-refractivity contribution in [2.24, 2.45) is 5.41 Å². The third-order valence-electron chi connectivity index (χ3n) is 8.75. The van der Waals surface area contributed by atoms with Gasteiger partial charge in [-0.25, -0.2) is 6.57 Å². The molecule has 2 aromatic rings. The summed E-state index contributed by atoms with van der Waals surface area (Å²) < 4.78 is 0. The molecule has 0 unspecified atom stereocenters. The average Bonchev–Trinajstić information content (AvgIpc) is 3.59. The normalized spacial score (nSPS) is 23.1. The van der Waals surface area contributed by atoms with Gasteiger partial charge in [-0.15, -0.1) is 0 Å². The molecule has 0 radical (unpaired) electrons. The number of carbonyl (C=O) groups excluding carboxylic acids is 3. The Balaban J connectivity index is 1.43. The van der Waals surface area contributed by atoms with Crippen LogP contribution in [0.3, 0.4) is 0 Å². The fourth-order valence-corrected chi connectivity index (χ4v) is 6.46. The summed E-state index contributed by atoms with van der Waals surface area (Å²) in [6.07, 6.45) is 0.750. The molecule has 0 saturated carbocycles. The molecule has 9 nitrogen and oxygen atoms in total. The predicted octanol–water partition coefficient (Wildman–Crippen LogP) is 4.03. The number of likely N-dealkylation sites (tertiary alicyclic amines) is 1. The fraction of sp³-hybridized carbons (Fsp3) is 0.548. The van der Waals surface area contributed by atoms with Crippen LogP contribution in [0.1, 0.15) is 74.8 Å². The molecule has 0 bridgehead atoms. The molecule has 2 N–H and O–H groups in total. The highest BCUT2D eigenvalue weighted by Gasteiger charge is 2.59. The Labute approximate surface area is 236 Å². The number of hydrogen-bond acceptors (Lipinski definition) is 4. The standard InChI is InChI=1S/C31H40N6O3/c1-19(2)36-13-12-20-14-23(33-24(20)17-36)27(38)35(7)25(15-30(3,4)5)28(39)37-18-31(16-26(37)32-6)21-10-8-9-11-22(21)34-29(31)40/h8-11,14,19,25-26,33H,12-13,15-18H2,1-5,7H3,(H,34,40)/t25-,26-,31-/m0/s1. The van der Waals surface area contributed by atoms with Gasteiger partial charge in [0.1, 0.15) is 17.2 Å². The lowest BCUT2D eigenvalue weighted by molar-refractivity contribution is -0.137. The second kappa shape index (κ2) is 10.1. The zero-order chi connectivity index (χ0) is 29.0. The van der Waals surface area contributed by atoms with E-state index in [0.29, 0.717) is 18.2 Å². The Morgan fingerprint density at radius 2 is 1.98 bits per heavy atom. The number of nitrogens with one attached hydrogen (secondary N) is 2. The van der Waals surface area contributed by atoms with Crippen molar-refractivity contribution in [3.63, 3.8) is 0 Å². The van der Waals surface area contributed by atoms with Crippen LogP contribution in [-0.4, -0.2) is 75.8 Å². The molecule has 3 aliphatic heterocycles. The molecule has 212 valence electrons. The van der Waals surface area contributed by atoms with Crippen molar-refractivity contribution >= 4 is 23.4 Å². The van der Waals surface area contributed by atoms with Crippen LogP contribution in [0.25, 0.3) is 4.85 Å². The number of nitrogens with zero attached hydrogens (tertiary/aromatic N) is 4. The van der Waals surface area contributed by atoms with Crippen LogP contribution in [0, 0.1) is 12.0 Å².